The van der Waals surface area contributed by atoms with Gasteiger partial charge in [-0.2, -0.15) is 0 Å². The number of halogens is 1. The summed E-state index contributed by atoms with van der Waals surface area (Å²) in [7, 11) is 0. The molecule has 1 aliphatic carbocycles. The van der Waals surface area contributed by atoms with Crippen molar-refractivity contribution in [2.75, 3.05) is 0 Å². The Bertz CT molecular complexity index is 1730. The average Bonchev–Trinajstić information content (AvgIpc) is 3.30. The van der Waals surface area contributed by atoms with E-state index in [-0.39, 0.29) is 30.5 Å². The van der Waals surface area contributed by atoms with Crippen LogP contribution in [-0.4, -0.2) is 27.3 Å². The van der Waals surface area contributed by atoms with Crippen molar-refractivity contribution in [3.8, 4) is 11.4 Å². The maximum Gasteiger partial charge on any atom is 0.313 e. The van der Waals surface area contributed by atoms with E-state index in [1.807, 2.05) is 18.4 Å². The molecule has 0 spiro atoms. The fourth-order valence-electron chi connectivity index (χ4n) is 6.34. The molecule has 6 rings (SSSR count). The lowest BCUT2D eigenvalue weighted by Gasteiger charge is -2.32. The molecule has 0 saturated carbocycles. The Kier molecular flexibility index (Phi) is 5.85. The first-order chi connectivity index (χ1) is 19.0. The molecular formula is C29H30FN5O5. The lowest BCUT2D eigenvalue weighted by Crippen LogP contribution is -2.50. The second-order valence-corrected chi connectivity index (χ2v) is 11.3. The molecule has 2 aliphatic heterocycles. The highest BCUT2D eigenvalue weighted by molar-refractivity contribution is 6.04. The van der Waals surface area contributed by atoms with Crippen LogP contribution in [0.3, 0.4) is 0 Å². The van der Waals surface area contributed by atoms with Gasteiger partial charge in [0, 0.05) is 17.0 Å². The predicted octanol–water partition coefficient (Wildman–Crippen LogP) is 2.54. The fraction of sp³-hybridized carbons (Fsp3) is 0.414. The van der Waals surface area contributed by atoms with Gasteiger partial charge >= 0.3 is 5.97 Å². The van der Waals surface area contributed by atoms with E-state index in [0.717, 1.165) is 22.1 Å². The number of rotatable bonds is 4. The number of pyridine rings is 2. The molecule has 4 heterocycles. The molecule has 2 aromatic heterocycles. The van der Waals surface area contributed by atoms with Gasteiger partial charge in [-0.3, -0.25) is 24.6 Å². The molecule has 208 valence electrons. The Morgan fingerprint density at radius 2 is 1.95 bits per heavy atom. The number of aromatic nitrogens is 2. The smallest absolute Gasteiger partial charge is 0.313 e. The number of hydrazine groups is 1. The van der Waals surface area contributed by atoms with Crippen LogP contribution in [0.25, 0.3) is 22.3 Å². The van der Waals surface area contributed by atoms with Gasteiger partial charge in [0.2, 0.25) is 11.8 Å². The normalized spacial score (nSPS) is 19.0. The summed E-state index contributed by atoms with van der Waals surface area (Å²) in [6.45, 7) is 6.68. The third kappa shape index (κ3) is 3.53. The highest BCUT2D eigenvalue weighted by atomic mass is 19.1. The zero-order valence-corrected chi connectivity index (χ0v) is 22.7. The molecular weight excluding hydrogens is 517 g/mol. The molecule has 2 unspecified atom stereocenters. The average molecular weight is 548 g/mol. The molecule has 1 aromatic carbocycles. The maximum atomic E-state index is 15.0. The Balaban J connectivity index is 1.58. The van der Waals surface area contributed by atoms with Crippen molar-refractivity contribution in [2.24, 2.45) is 11.3 Å². The molecule has 3 aliphatic rings. The first-order valence-corrected chi connectivity index (χ1v) is 13.4. The number of aryl methyl sites for hydroxylation is 1. The molecule has 11 heteroatoms. The lowest BCUT2D eigenvalue weighted by molar-refractivity contribution is -0.148. The Hall–Kier alpha value is -4.12. The summed E-state index contributed by atoms with van der Waals surface area (Å²) in [6, 6.07) is 2.71. The number of fused-ring (bicyclic) bond motifs is 5. The van der Waals surface area contributed by atoms with E-state index >= 15 is 4.39 Å². The number of carbonyl (C=O) groups excluding carboxylic acids is 3. The molecule has 0 fully saturated rings. The molecule has 3 aromatic rings. The van der Waals surface area contributed by atoms with Crippen LogP contribution < -0.4 is 22.1 Å². The van der Waals surface area contributed by atoms with Crippen molar-refractivity contribution in [1.29, 1.82) is 0 Å². The number of nitrogens with one attached hydrogen (secondary N) is 2. The lowest BCUT2D eigenvalue weighted by atomic mass is 9.81. The summed E-state index contributed by atoms with van der Waals surface area (Å²) in [5, 5.41) is 3.78. The number of ether oxygens (including phenoxy) is 1. The zero-order chi connectivity index (χ0) is 28.7. The number of benzene rings is 1. The van der Waals surface area contributed by atoms with Crippen LogP contribution >= 0.6 is 0 Å². The van der Waals surface area contributed by atoms with E-state index in [0.29, 0.717) is 52.9 Å². The summed E-state index contributed by atoms with van der Waals surface area (Å²) < 4.78 is 22.0. The van der Waals surface area contributed by atoms with Crippen LogP contribution in [-0.2, 0) is 38.7 Å². The summed E-state index contributed by atoms with van der Waals surface area (Å²) in [5.74, 6) is 2.88. The summed E-state index contributed by atoms with van der Waals surface area (Å²) in [6.07, 6.45) is 1.45. The second-order valence-electron chi connectivity index (χ2n) is 11.3. The molecule has 0 radical (unpaired) electrons. The van der Waals surface area contributed by atoms with Crippen LogP contribution in [0.2, 0.25) is 0 Å². The van der Waals surface area contributed by atoms with Gasteiger partial charge in [0.15, 0.2) is 0 Å². The van der Waals surface area contributed by atoms with Crippen LogP contribution in [0.4, 0.5) is 4.39 Å². The summed E-state index contributed by atoms with van der Waals surface area (Å²) in [4.78, 5) is 56.7. The van der Waals surface area contributed by atoms with Gasteiger partial charge in [0.05, 0.1) is 41.0 Å². The number of esters is 1. The fourth-order valence-corrected chi connectivity index (χ4v) is 6.34. The van der Waals surface area contributed by atoms with Crippen LogP contribution in [0.1, 0.15) is 79.0 Å². The Morgan fingerprint density at radius 3 is 2.65 bits per heavy atom. The van der Waals surface area contributed by atoms with Gasteiger partial charge in [-0.05, 0) is 68.4 Å². The largest absolute Gasteiger partial charge is 0.460 e. The van der Waals surface area contributed by atoms with Gasteiger partial charge in [-0.1, -0.05) is 6.92 Å². The Labute approximate surface area is 229 Å². The minimum absolute atomic E-state index is 0.0894. The highest BCUT2D eigenvalue weighted by Gasteiger charge is 2.41. The molecule has 2 amide bonds. The number of hydrogen-bond acceptors (Lipinski definition) is 7. The van der Waals surface area contributed by atoms with Gasteiger partial charge in [-0.25, -0.2) is 15.2 Å². The van der Waals surface area contributed by atoms with E-state index in [1.54, 1.807) is 11.5 Å². The monoisotopic (exact) mass is 547 g/mol. The van der Waals surface area contributed by atoms with Crippen molar-refractivity contribution < 1.29 is 23.5 Å². The van der Waals surface area contributed by atoms with E-state index in [1.165, 1.54) is 19.9 Å². The molecule has 0 saturated heterocycles. The van der Waals surface area contributed by atoms with Crippen LogP contribution in [0, 0.1) is 18.2 Å². The standard InChI is InChI=1S/C29H30FN5O5/c1-5-13-15-8-21-24-16(10-35(21)25(36)17(15)11-40-26(13)37)23-19(33-27(38)29(3,4)28(39)34-31)7-6-14-12(2)18(30)9-20(32-24)22(14)23/h8-9,13,19H,5-7,10-11,31H2,1-4H3,(H,33,38)(H,34,39). The zero-order valence-electron chi connectivity index (χ0n) is 22.7. The van der Waals surface area contributed by atoms with Crippen molar-refractivity contribution in [3.63, 3.8) is 0 Å². The summed E-state index contributed by atoms with van der Waals surface area (Å²) >= 11 is 0. The van der Waals surface area contributed by atoms with Crippen molar-refractivity contribution in [1.82, 2.24) is 20.3 Å². The number of nitrogens with zero attached hydrogens (tertiary/aromatic N) is 2. The number of hydrogen-bond donors (Lipinski definition) is 3. The topological polar surface area (TPSA) is 145 Å². The van der Waals surface area contributed by atoms with Gasteiger partial charge < -0.3 is 14.6 Å². The number of cyclic esters (lactones) is 1. The van der Waals surface area contributed by atoms with Crippen molar-refractivity contribution in [2.45, 2.75) is 72.1 Å². The van der Waals surface area contributed by atoms with Gasteiger partial charge in [-0.15, -0.1) is 0 Å². The number of nitrogens with two attached hydrogens (primary N) is 1. The quantitative estimate of drug-likeness (QED) is 0.117. The van der Waals surface area contributed by atoms with E-state index in [9.17, 15) is 19.2 Å². The molecule has 2 atom stereocenters. The first kappa shape index (κ1) is 26.1. The Morgan fingerprint density at radius 1 is 1.20 bits per heavy atom. The third-order valence-corrected chi connectivity index (χ3v) is 8.77. The number of carbonyl (C=O) groups is 3. The number of amides is 2. The van der Waals surface area contributed by atoms with Crippen molar-refractivity contribution >= 4 is 28.7 Å². The first-order valence-electron chi connectivity index (χ1n) is 13.4. The van der Waals surface area contributed by atoms with Gasteiger partial charge in [0.25, 0.3) is 5.56 Å². The van der Waals surface area contributed by atoms with E-state index < -0.39 is 29.2 Å². The molecule has 4 N–H and O–H groups in total. The molecule has 10 nitrogen and oxygen atoms in total. The van der Waals surface area contributed by atoms with Gasteiger partial charge in [0.1, 0.15) is 17.8 Å². The van der Waals surface area contributed by atoms with E-state index in [4.69, 9.17) is 15.6 Å². The predicted molar refractivity (Wildman–Crippen MR) is 143 cm³/mol. The third-order valence-electron chi connectivity index (χ3n) is 8.77. The molecule has 0 bridgehead atoms. The summed E-state index contributed by atoms with van der Waals surface area (Å²) in [5.41, 5.74) is 5.78. The van der Waals surface area contributed by atoms with Crippen LogP contribution in [0.15, 0.2) is 16.9 Å². The minimum atomic E-state index is -1.44. The van der Waals surface area contributed by atoms with E-state index in [2.05, 4.69) is 5.32 Å². The minimum Gasteiger partial charge on any atom is -0.460 e. The van der Waals surface area contributed by atoms with Crippen LogP contribution in [0.5, 0.6) is 0 Å². The second kappa shape index (κ2) is 8.95. The maximum absolute atomic E-state index is 15.0. The highest BCUT2D eigenvalue weighted by Crippen LogP contribution is 2.45. The van der Waals surface area contributed by atoms with Crippen molar-refractivity contribution in [3.05, 3.63) is 61.7 Å². The molecule has 40 heavy (non-hydrogen) atoms. The SMILES string of the molecule is CCC1C(=O)OCc2c1cc1n(c2=O)Cc2c-1nc1cc(F)c(C)c3c1c2C(NC(=O)C(C)(C)C(=O)NN)CC3.